The smallest absolute Gasteiger partial charge is 0.223 e. The van der Waals surface area contributed by atoms with Crippen LogP contribution in [0.5, 0.6) is 5.75 Å². The third-order valence-corrected chi connectivity index (χ3v) is 5.13. The number of ether oxygens (including phenoxy) is 1. The second-order valence-electron chi connectivity index (χ2n) is 6.75. The summed E-state index contributed by atoms with van der Waals surface area (Å²) in [7, 11) is 1.65. The van der Waals surface area contributed by atoms with E-state index < -0.39 is 0 Å². The van der Waals surface area contributed by atoms with Gasteiger partial charge in [-0.15, -0.1) is 0 Å². The van der Waals surface area contributed by atoms with Gasteiger partial charge in [0.25, 0.3) is 0 Å². The lowest BCUT2D eigenvalue weighted by atomic mass is 9.95. The number of halogens is 1. The van der Waals surface area contributed by atoms with Gasteiger partial charge in [-0.3, -0.25) is 9.69 Å². The number of rotatable bonds is 6. The largest absolute Gasteiger partial charge is 0.497 e. The van der Waals surface area contributed by atoms with E-state index in [4.69, 9.17) is 16.3 Å². The van der Waals surface area contributed by atoms with E-state index in [2.05, 4.69) is 22.3 Å². The summed E-state index contributed by atoms with van der Waals surface area (Å²) in [6.45, 7) is 3.34. The van der Waals surface area contributed by atoms with Crippen LogP contribution in [0.25, 0.3) is 0 Å². The summed E-state index contributed by atoms with van der Waals surface area (Å²) in [6, 6.07) is 15.8. The minimum Gasteiger partial charge on any atom is -0.497 e. The molecule has 138 valence electrons. The Morgan fingerprint density at radius 1 is 1.15 bits per heavy atom. The van der Waals surface area contributed by atoms with Gasteiger partial charge in [-0.2, -0.15) is 0 Å². The zero-order valence-electron chi connectivity index (χ0n) is 15.1. The molecule has 2 aromatic rings. The average Bonchev–Trinajstić information content (AvgIpc) is 2.68. The van der Waals surface area contributed by atoms with Crippen LogP contribution in [0.4, 0.5) is 0 Å². The molecule has 0 bridgehead atoms. The zero-order valence-corrected chi connectivity index (χ0v) is 15.8. The van der Waals surface area contributed by atoms with Crippen molar-refractivity contribution in [3.05, 3.63) is 64.7 Å². The van der Waals surface area contributed by atoms with E-state index in [1.54, 1.807) is 7.11 Å². The number of hydrogen-bond donors (Lipinski definition) is 1. The summed E-state index contributed by atoms with van der Waals surface area (Å²) in [5.41, 5.74) is 2.31. The zero-order chi connectivity index (χ0) is 18.4. The van der Waals surface area contributed by atoms with Crippen molar-refractivity contribution in [3.63, 3.8) is 0 Å². The van der Waals surface area contributed by atoms with E-state index >= 15 is 0 Å². The van der Waals surface area contributed by atoms with E-state index in [1.807, 2.05) is 36.4 Å². The second kappa shape index (κ2) is 9.06. The lowest BCUT2D eigenvalue weighted by Crippen LogP contribution is -2.40. The molecular formula is C21H25ClN2O2. The highest BCUT2D eigenvalue weighted by Gasteiger charge is 2.24. The van der Waals surface area contributed by atoms with E-state index in [1.165, 1.54) is 5.56 Å². The highest BCUT2D eigenvalue weighted by atomic mass is 35.5. The Labute approximate surface area is 160 Å². The van der Waals surface area contributed by atoms with Crippen molar-refractivity contribution in [1.29, 1.82) is 0 Å². The molecule has 1 N–H and O–H groups in total. The van der Waals surface area contributed by atoms with Crippen molar-refractivity contribution < 1.29 is 9.53 Å². The van der Waals surface area contributed by atoms with Crippen LogP contribution < -0.4 is 10.1 Å². The molecule has 1 heterocycles. The average molecular weight is 373 g/mol. The Hall–Kier alpha value is -2.04. The number of nitrogens with one attached hydrogen (secondary N) is 1. The minimum absolute atomic E-state index is 0.0991. The van der Waals surface area contributed by atoms with Crippen LogP contribution in [-0.4, -0.2) is 31.0 Å². The predicted molar refractivity (Wildman–Crippen MR) is 104 cm³/mol. The fourth-order valence-corrected chi connectivity index (χ4v) is 3.44. The summed E-state index contributed by atoms with van der Waals surface area (Å²) >= 11 is 5.93. The van der Waals surface area contributed by atoms with Gasteiger partial charge >= 0.3 is 0 Å². The van der Waals surface area contributed by atoms with Crippen LogP contribution in [0.1, 0.15) is 24.0 Å². The summed E-state index contributed by atoms with van der Waals surface area (Å²) in [5, 5.41) is 3.83. The van der Waals surface area contributed by atoms with Crippen LogP contribution in [0.3, 0.4) is 0 Å². The molecular weight excluding hydrogens is 348 g/mol. The summed E-state index contributed by atoms with van der Waals surface area (Å²) < 4.78 is 5.22. The third kappa shape index (κ3) is 5.23. The van der Waals surface area contributed by atoms with E-state index in [0.29, 0.717) is 6.54 Å². The fourth-order valence-electron chi connectivity index (χ4n) is 3.32. The molecule has 1 fully saturated rings. The number of hydrogen-bond acceptors (Lipinski definition) is 3. The van der Waals surface area contributed by atoms with Gasteiger partial charge in [-0.25, -0.2) is 0 Å². The fraction of sp³-hybridized carbons (Fsp3) is 0.381. The number of amides is 1. The van der Waals surface area contributed by atoms with Crippen molar-refractivity contribution in [1.82, 2.24) is 10.2 Å². The normalized spacial score (nSPS) is 15.6. The maximum Gasteiger partial charge on any atom is 0.223 e. The molecule has 0 unspecified atom stereocenters. The van der Waals surface area contributed by atoms with Gasteiger partial charge in [0, 0.05) is 24.0 Å². The lowest BCUT2D eigenvalue weighted by Gasteiger charge is -2.31. The number of carbonyl (C=O) groups excluding carboxylic acids is 1. The molecule has 0 radical (unpaired) electrons. The van der Waals surface area contributed by atoms with Crippen LogP contribution >= 0.6 is 11.6 Å². The molecule has 26 heavy (non-hydrogen) atoms. The van der Waals surface area contributed by atoms with Crippen molar-refractivity contribution in [3.8, 4) is 5.75 Å². The molecule has 1 aliphatic heterocycles. The Morgan fingerprint density at radius 3 is 2.58 bits per heavy atom. The van der Waals surface area contributed by atoms with E-state index in [0.717, 1.165) is 48.8 Å². The Kier molecular flexibility index (Phi) is 6.53. The quantitative estimate of drug-likeness (QED) is 0.836. The summed E-state index contributed by atoms with van der Waals surface area (Å²) in [5.74, 6) is 1.06. The minimum atomic E-state index is 0.0991. The molecule has 0 saturated carbocycles. The van der Waals surface area contributed by atoms with Gasteiger partial charge in [0.05, 0.1) is 7.11 Å². The second-order valence-corrected chi connectivity index (χ2v) is 7.18. The third-order valence-electron chi connectivity index (χ3n) is 4.88. The number of benzene rings is 2. The van der Waals surface area contributed by atoms with Crippen LogP contribution in [0, 0.1) is 5.92 Å². The number of carbonyl (C=O) groups is 1. The molecule has 0 aromatic heterocycles. The molecule has 1 amide bonds. The van der Waals surface area contributed by atoms with Gasteiger partial charge in [-0.05, 0) is 61.3 Å². The van der Waals surface area contributed by atoms with E-state index in [-0.39, 0.29) is 11.8 Å². The Morgan fingerprint density at radius 2 is 1.88 bits per heavy atom. The molecule has 1 aliphatic rings. The summed E-state index contributed by atoms with van der Waals surface area (Å²) in [4.78, 5) is 14.9. The number of piperidine rings is 1. The molecule has 5 heteroatoms. The Balaban J connectivity index is 1.43. The van der Waals surface area contributed by atoms with Gasteiger partial charge in [0.15, 0.2) is 0 Å². The maximum atomic E-state index is 12.5. The first kappa shape index (κ1) is 18.7. The molecule has 0 atom stereocenters. The van der Waals surface area contributed by atoms with Crippen LogP contribution in [0.2, 0.25) is 5.02 Å². The molecule has 3 rings (SSSR count). The van der Waals surface area contributed by atoms with Crippen molar-refractivity contribution in [2.24, 2.45) is 5.92 Å². The number of likely N-dealkylation sites (tertiary alicyclic amines) is 1. The van der Waals surface area contributed by atoms with Crippen molar-refractivity contribution >= 4 is 17.5 Å². The first-order chi connectivity index (χ1) is 12.6. The molecule has 2 aromatic carbocycles. The summed E-state index contributed by atoms with van der Waals surface area (Å²) in [6.07, 6.45) is 1.80. The number of methoxy groups -OCH3 is 1. The highest BCUT2D eigenvalue weighted by Crippen LogP contribution is 2.20. The first-order valence-electron chi connectivity index (χ1n) is 9.01. The van der Waals surface area contributed by atoms with Crippen molar-refractivity contribution in [2.45, 2.75) is 25.9 Å². The lowest BCUT2D eigenvalue weighted by molar-refractivity contribution is -0.126. The van der Waals surface area contributed by atoms with E-state index in [9.17, 15) is 4.79 Å². The van der Waals surface area contributed by atoms with Crippen LogP contribution in [0.15, 0.2) is 48.5 Å². The monoisotopic (exact) mass is 372 g/mol. The molecule has 4 nitrogen and oxygen atoms in total. The maximum absolute atomic E-state index is 12.5. The molecule has 0 aliphatic carbocycles. The van der Waals surface area contributed by atoms with Gasteiger partial charge in [-0.1, -0.05) is 35.9 Å². The molecule has 1 saturated heterocycles. The van der Waals surface area contributed by atoms with Gasteiger partial charge in [0.1, 0.15) is 5.75 Å². The van der Waals surface area contributed by atoms with Gasteiger partial charge in [0.2, 0.25) is 5.91 Å². The van der Waals surface area contributed by atoms with Gasteiger partial charge < -0.3 is 10.1 Å². The standard InChI is InChI=1S/C21H25ClN2O2/c1-26-20-4-2-3-17(13-20)14-23-21(25)18-9-11-24(12-10-18)15-16-5-7-19(22)8-6-16/h2-8,13,18H,9-12,14-15H2,1H3,(H,23,25). The molecule has 0 spiro atoms. The Bertz CT molecular complexity index is 725. The SMILES string of the molecule is COc1cccc(CNC(=O)C2CCN(Cc3ccc(Cl)cc3)CC2)c1. The first-order valence-corrected chi connectivity index (χ1v) is 9.39. The predicted octanol–water partition coefficient (Wildman–Crippen LogP) is 3.88. The number of nitrogens with zero attached hydrogens (tertiary/aromatic N) is 1. The highest BCUT2D eigenvalue weighted by molar-refractivity contribution is 6.30. The topological polar surface area (TPSA) is 41.6 Å². The van der Waals surface area contributed by atoms with Crippen LogP contribution in [-0.2, 0) is 17.9 Å². The van der Waals surface area contributed by atoms with Crippen molar-refractivity contribution in [2.75, 3.05) is 20.2 Å².